The van der Waals surface area contributed by atoms with Gasteiger partial charge in [-0.05, 0) is 24.5 Å². The van der Waals surface area contributed by atoms with E-state index in [1.807, 2.05) is 31.2 Å². The highest BCUT2D eigenvalue weighted by molar-refractivity contribution is 7.92. The highest BCUT2D eigenvalue weighted by Crippen LogP contribution is 2.38. The van der Waals surface area contributed by atoms with Crippen molar-refractivity contribution in [1.82, 2.24) is 5.32 Å². The molecule has 2 aromatic carbocycles. The predicted molar refractivity (Wildman–Crippen MR) is 119 cm³/mol. The Hall–Kier alpha value is -2.45. The van der Waals surface area contributed by atoms with E-state index in [1.54, 1.807) is 0 Å². The van der Waals surface area contributed by atoms with Gasteiger partial charge in [0.05, 0.1) is 37.2 Å². The topological polar surface area (TPSA) is 84.9 Å². The Morgan fingerprint density at radius 1 is 1.13 bits per heavy atom. The first-order valence-corrected chi connectivity index (χ1v) is 11.6. The van der Waals surface area contributed by atoms with Crippen LogP contribution in [0.4, 0.5) is 5.69 Å². The van der Waals surface area contributed by atoms with E-state index in [0.29, 0.717) is 0 Å². The van der Waals surface area contributed by atoms with Gasteiger partial charge in [0.1, 0.15) is 18.0 Å². The zero-order valence-corrected chi connectivity index (χ0v) is 19.3. The molecule has 0 aliphatic carbocycles. The van der Waals surface area contributed by atoms with Crippen molar-refractivity contribution in [1.29, 1.82) is 0 Å². The number of amides is 1. The molecule has 0 aliphatic rings. The van der Waals surface area contributed by atoms with Crippen LogP contribution in [0.1, 0.15) is 31.0 Å². The quantitative estimate of drug-likeness (QED) is 0.626. The maximum absolute atomic E-state index is 12.7. The Morgan fingerprint density at radius 2 is 1.73 bits per heavy atom. The Labute approximate surface area is 183 Å². The first-order valence-electron chi connectivity index (χ1n) is 9.38. The fourth-order valence-electron chi connectivity index (χ4n) is 2.96. The summed E-state index contributed by atoms with van der Waals surface area (Å²) in [7, 11) is -0.989. The molecular formula is C21H27ClN2O5S. The summed E-state index contributed by atoms with van der Waals surface area (Å²) < 4.78 is 36.4. The number of aryl methyl sites for hydroxylation is 1. The van der Waals surface area contributed by atoms with Gasteiger partial charge in [0.25, 0.3) is 0 Å². The Morgan fingerprint density at radius 3 is 2.23 bits per heavy atom. The number of methoxy groups -OCH3 is 2. The van der Waals surface area contributed by atoms with E-state index >= 15 is 0 Å². The van der Waals surface area contributed by atoms with Crippen molar-refractivity contribution in [3.63, 3.8) is 0 Å². The van der Waals surface area contributed by atoms with Crippen LogP contribution in [0, 0.1) is 0 Å². The minimum Gasteiger partial charge on any atom is -0.495 e. The normalized spacial score (nSPS) is 12.2. The van der Waals surface area contributed by atoms with E-state index in [4.69, 9.17) is 21.1 Å². The molecule has 0 heterocycles. The first-order chi connectivity index (χ1) is 14.1. The van der Waals surface area contributed by atoms with Gasteiger partial charge in [0.15, 0.2) is 0 Å². The second-order valence-electron chi connectivity index (χ2n) is 6.81. The summed E-state index contributed by atoms with van der Waals surface area (Å²) >= 11 is 6.11. The summed E-state index contributed by atoms with van der Waals surface area (Å²) in [5, 5.41) is 3.10. The van der Waals surface area contributed by atoms with Gasteiger partial charge < -0.3 is 14.8 Å². The van der Waals surface area contributed by atoms with Crippen molar-refractivity contribution in [3.8, 4) is 11.5 Å². The lowest BCUT2D eigenvalue weighted by Crippen LogP contribution is -2.41. The molecule has 0 radical (unpaired) electrons. The van der Waals surface area contributed by atoms with E-state index in [0.717, 1.165) is 22.5 Å². The molecular weight excluding hydrogens is 428 g/mol. The van der Waals surface area contributed by atoms with Crippen molar-refractivity contribution in [2.45, 2.75) is 26.3 Å². The van der Waals surface area contributed by atoms with Crippen molar-refractivity contribution in [2.75, 3.05) is 31.3 Å². The minimum atomic E-state index is -3.80. The third kappa shape index (κ3) is 5.79. The zero-order valence-electron chi connectivity index (χ0n) is 17.7. The Balaban J connectivity index is 2.28. The van der Waals surface area contributed by atoms with Crippen LogP contribution in [0.15, 0.2) is 36.4 Å². The molecule has 0 fully saturated rings. The number of carbonyl (C=O) groups is 1. The van der Waals surface area contributed by atoms with E-state index in [1.165, 1.54) is 31.9 Å². The van der Waals surface area contributed by atoms with E-state index < -0.39 is 22.5 Å². The standard InChI is InChI=1S/C21H27ClN2O5S/c1-6-15-7-9-16(10-8-15)14(2)23-21(25)13-24(30(5,26)27)18-12-19(28-3)17(22)11-20(18)29-4/h7-12,14H,6,13H2,1-5H3,(H,23,25)/t14-/m0/s1. The number of rotatable bonds is 9. The molecule has 0 spiro atoms. The fraction of sp³-hybridized carbons (Fsp3) is 0.381. The number of carbonyl (C=O) groups excluding carboxylic acids is 1. The maximum Gasteiger partial charge on any atom is 0.241 e. The van der Waals surface area contributed by atoms with Crippen molar-refractivity contribution in [2.24, 2.45) is 0 Å². The third-order valence-electron chi connectivity index (χ3n) is 4.67. The molecule has 0 aliphatic heterocycles. The number of ether oxygens (including phenoxy) is 2. The summed E-state index contributed by atoms with van der Waals surface area (Å²) in [6, 6.07) is 10.5. The van der Waals surface area contributed by atoms with Gasteiger partial charge in [0, 0.05) is 12.1 Å². The lowest BCUT2D eigenvalue weighted by molar-refractivity contribution is -0.120. The van der Waals surface area contributed by atoms with Crippen LogP contribution in [0.3, 0.4) is 0 Å². The molecule has 0 aromatic heterocycles. The van der Waals surface area contributed by atoms with Crippen LogP contribution in [-0.4, -0.2) is 41.3 Å². The van der Waals surface area contributed by atoms with Crippen molar-refractivity contribution < 1.29 is 22.7 Å². The Kier molecular flexibility index (Phi) is 7.97. The summed E-state index contributed by atoms with van der Waals surface area (Å²) in [5.74, 6) is 0.0246. The largest absolute Gasteiger partial charge is 0.495 e. The fourth-order valence-corrected chi connectivity index (χ4v) is 4.05. The molecule has 9 heteroatoms. The van der Waals surface area contributed by atoms with Gasteiger partial charge in [0.2, 0.25) is 15.9 Å². The van der Waals surface area contributed by atoms with E-state index in [2.05, 4.69) is 12.2 Å². The molecule has 7 nitrogen and oxygen atoms in total. The van der Waals surface area contributed by atoms with Crippen molar-refractivity contribution in [3.05, 3.63) is 52.5 Å². The number of nitrogens with zero attached hydrogens (tertiary/aromatic N) is 1. The SMILES string of the molecule is CCc1ccc([C@H](C)NC(=O)CN(c2cc(OC)c(Cl)cc2OC)S(C)(=O)=O)cc1. The molecule has 0 unspecified atom stereocenters. The summed E-state index contributed by atoms with van der Waals surface area (Å²) in [4.78, 5) is 12.7. The van der Waals surface area contributed by atoms with Gasteiger partial charge in [-0.1, -0.05) is 42.8 Å². The predicted octanol–water partition coefficient (Wildman–Crippen LogP) is 3.56. The molecule has 0 bridgehead atoms. The average Bonchev–Trinajstić information content (AvgIpc) is 2.71. The number of hydrogen-bond donors (Lipinski definition) is 1. The molecule has 0 saturated carbocycles. The van der Waals surface area contributed by atoms with Crippen LogP contribution in [0.25, 0.3) is 0 Å². The number of halogens is 1. The average molecular weight is 455 g/mol. The van der Waals surface area contributed by atoms with Crippen molar-refractivity contribution >= 4 is 33.2 Å². The zero-order chi connectivity index (χ0) is 22.5. The minimum absolute atomic E-state index is 0.163. The maximum atomic E-state index is 12.7. The molecule has 164 valence electrons. The van der Waals surface area contributed by atoms with Gasteiger partial charge in [-0.3, -0.25) is 9.10 Å². The summed E-state index contributed by atoms with van der Waals surface area (Å²) in [6.07, 6.45) is 1.95. The molecule has 1 atom stereocenters. The Bertz CT molecular complexity index is 993. The third-order valence-corrected chi connectivity index (χ3v) is 6.10. The molecule has 30 heavy (non-hydrogen) atoms. The lowest BCUT2D eigenvalue weighted by atomic mass is 10.1. The number of benzene rings is 2. The van der Waals surface area contributed by atoms with E-state index in [9.17, 15) is 13.2 Å². The smallest absolute Gasteiger partial charge is 0.241 e. The number of sulfonamides is 1. The second-order valence-corrected chi connectivity index (χ2v) is 9.13. The van der Waals surface area contributed by atoms with Gasteiger partial charge >= 0.3 is 0 Å². The van der Waals surface area contributed by atoms with Crippen LogP contribution in [-0.2, 0) is 21.2 Å². The van der Waals surface area contributed by atoms with Crippen LogP contribution >= 0.6 is 11.6 Å². The second kappa shape index (κ2) is 10.0. The van der Waals surface area contributed by atoms with Crippen LogP contribution in [0.2, 0.25) is 5.02 Å². The van der Waals surface area contributed by atoms with Crippen LogP contribution < -0.4 is 19.1 Å². The summed E-state index contributed by atoms with van der Waals surface area (Å²) in [5.41, 5.74) is 2.29. The number of anilines is 1. The number of nitrogens with one attached hydrogen (secondary N) is 1. The van der Waals surface area contributed by atoms with Gasteiger partial charge in [-0.25, -0.2) is 8.42 Å². The number of hydrogen-bond acceptors (Lipinski definition) is 5. The lowest BCUT2D eigenvalue weighted by Gasteiger charge is -2.25. The monoisotopic (exact) mass is 454 g/mol. The van der Waals surface area contributed by atoms with Gasteiger partial charge in [-0.15, -0.1) is 0 Å². The van der Waals surface area contributed by atoms with Crippen LogP contribution in [0.5, 0.6) is 11.5 Å². The highest BCUT2D eigenvalue weighted by atomic mass is 35.5. The summed E-state index contributed by atoms with van der Waals surface area (Å²) in [6.45, 7) is 3.49. The molecule has 0 saturated heterocycles. The molecule has 1 amide bonds. The highest BCUT2D eigenvalue weighted by Gasteiger charge is 2.26. The first kappa shape index (κ1) is 23.8. The van der Waals surface area contributed by atoms with E-state index in [-0.39, 0.29) is 28.3 Å². The molecule has 2 aromatic rings. The molecule has 2 rings (SSSR count). The molecule has 1 N–H and O–H groups in total. The van der Waals surface area contributed by atoms with Gasteiger partial charge in [-0.2, -0.15) is 0 Å².